The minimum Gasteiger partial charge on any atom is -0.497 e. The maximum absolute atomic E-state index is 14.1. The van der Waals surface area contributed by atoms with E-state index in [0.29, 0.717) is 18.0 Å². The number of sulfonamides is 1. The summed E-state index contributed by atoms with van der Waals surface area (Å²) in [6, 6.07) is 22.4. The Hall–Kier alpha value is -3.36. The standard InChI is InChI=1S/C29H33N3O4S/c1-22(33)31-19-14-24-8-9-26(20-29(24)31)32(37(34,35)28-12-10-27(36-2)11-13-28)25-15-17-30(18-16-25)21-23-6-4-3-5-7-23/h3-13,20,25H,14-19,21H2,1-2H3. The average molecular weight is 520 g/mol. The molecule has 194 valence electrons. The van der Waals surface area contributed by atoms with E-state index < -0.39 is 10.0 Å². The predicted octanol–water partition coefficient (Wildman–Crippen LogP) is 4.46. The van der Waals surface area contributed by atoms with Crippen molar-refractivity contribution in [3.05, 3.63) is 83.9 Å². The molecule has 1 amide bonds. The minimum atomic E-state index is -3.85. The van der Waals surface area contributed by atoms with Crippen LogP contribution < -0.4 is 13.9 Å². The summed E-state index contributed by atoms with van der Waals surface area (Å²) < 4.78 is 35.0. The highest BCUT2D eigenvalue weighted by molar-refractivity contribution is 7.92. The van der Waals surface area contributed by atoms with Gasteiger partial charge in [0, 0.05) is 44.8 Å². The maximum atomic E-state index is 14.1. The van der Waals surface area contributed by atoms with E-state index in [1.165, 1.54) is 5.56 Å². The Labute approximate surface area is 219 Å². The summed E-state index contributed by atoms with van der Waals surface area (Å²) in [4.78, 5) is 16.6. The number of carbonyl (C=O) groups excluding carboxylic acids is 1. The molecule has 2 aliphatic heterocycles. The van der Waals surface area contributed by atoms with E-state index in [-0.39, 0.29) is 16.8 Å². The molecular weight excluding hydrogens is 486 g/mol. The van der Waals surface area contributed by atoms with E-state index in [4.69, 9.17) is 4.74 Å². The van der Waals surface area contributed by atoms with Crippen LogP contribution in [-0.4, -0.2) is 52.0 Å². The van der Waals surface area contributed by atoms with Gasteiger partial charge in [-0.15, -0.1) is 0 Å². The third-order valence-electron chi connectivity index (χ3n) is 7.35. The normalized spacial score (nSPS) is 16.4. The average Bonchev–Trinajstić information content (AvgIpc) is 3.34. The molecule has 0 aliphatic carbocycles. The Morgan fingerprint density at radius 1 is 0.973 bits per heavy atom. The molecule has 8 heteroatoms. The third kappa shape index (κ3) is 5.22. The highest BCUT2D eigenvalue weighted by atomic mass is 32.2. The predicted molar refractivity (Wildman–Crippen MR) is 146 cm³/mol. The van der Waals surface area contributed by atoms with Crippen molar-refractivity contribution in [2.24, 2.45) is 0 Å². The van der Waals surface area contributed by atoms with Gasteiger partial charge in [-0.2, -0.15) is 0 Å². The number of rotatable bonds is 7. The van der Waals surface area contributed by atoms with Crippen LogP contribution in [-0.2, 0) is 27.8 Å². The Balaban J connectivity index is 1.46. The molecule has 3 aromatic rings. The van der Waals surface area contributed by atoms with Gasteiger partial charge >= 0.3 is 0 Å². The largest absolute Gasteiger partial charge is 0.497 e. The molecule has 2 heterocycles. The zero-order valence-corrected chi connectivity index (χ0v) is 22.2. The van der Waals surface area contributed by atoms with E-state index in [1.54, 1.807) is 47.5 Å². The van der Waals surface area contributed by atoms with Gasteiger partial charge in [-0.3, -0.25) is 14.0 Å². The lowest BCUT2D eigenvalue weighted by molar-refractivity contribution is -0.116. The lowest BCUT2D eigenvalue weighted by Gasteiger charge is -2.39. The Bertz CT molecular complexity index is 1350. The number of anilines is 2. The summed E-state index contributed by atoms with van der Waals surface area (Å²) >= 11 is 0. The number of likely N-dealkylation sites (tertiary alicyclic amines) is 1. The molecule has 1 fully saturated rings. The van der Waals surface area contributed by atoms with Crippen LogP contribution in [0.5, 0.6) is 5.75 Å². The molecule has 0 saturated carbocycles. The number of piperidine rings is 1. The Kier molecular flexibility index (Phi) is 7.22. The molecule has 0 unspecified atom stereocenters. The molecule has 2 aliphatic rings. The molecule has 0 N–H and O–H groups in total. The first kappa shape index (κ1) is 25.3. The van der Waals surface area contributed by atoms with Crippen LogP contribution in [0.15, 0.2) is 77.7 Å². The van der Waals surface area contributed by atoms with Crippen LogP contribution in [0.2, 0.25) is 0 Å². The number of ether oxygens (including phenoxy) is 1. The first-order valence-corrected chi connectivity index (χ1v) is 14.2. The fraction of sp³-hybridized carbons (Fsp3) is 0.345. The number of hydrogen-bond donors (Lipinski definition) is 0. The number of fused-ring (bicyclic) bond motifs is 1. The Morgan fingerprint density at radius 2 is 1.68 bits per heavy atom. The molecule has 0 atom stereocenters. The molecule has 0 spiro atoms. The second-order valence-corrected chi connectivity index (χ2v) is 11.5. The molecule has 7 nitrogen and oxygen atoms in total. The van der Waals surface area contributed by atoms with Gasteiger partial charge in [0.15, 0.2) is 0 Å². The Morgan fingerprint density at radius 3 is 2.32 bits per heavy atom. The van der Waals surface area contributed by atoms with Crippen LogP contribution in [0.25, 0.3) is 0 Å². The molecule has 0 aromatic heterocycles. The number of methoxy groups -OCH3 is 1. The van der Waals surface area contributed by atoms with Crippen molar-refractivity contribution in [2.75, 3.05) is 35.9 Å². The van der Waals surface area contributed by atoms with Gasteiger partial charge in [0.2, 0.25) is 5.91 Å². The first-order chi connectivity index (χ1) is 17.9. The van der Waals surface area contributed by atoms with Crippen molar-refractivity contribution >= 4 is 27.3 Å². The van der Waals surface area contributed by atoms with Gasteiger partial charge in [0.05, 0.1) is 17.7 Å². The third-order valence-corrected chi connectivity index (χ3v) is 9.25. The number of nitrogens with zero attached hydrogens (tertiary/aromatic N) is 3. The summed E-state index contributed by atoms with van der Waals surface area (Å²) in [5.41, 5.74) is 3.73. The van der Waals surface area contributed by atoms with Gasteiger partial charge in [-0.25, -0.2) is 8.42 Å². The second-order valence-electron chi connectivity index (χ2n) is 9.70. The molecule has 5 rings (SSSR count). The van der Waals surface area contributed by atoms with Gasteiger partial charge in [0.1, 0.15) is 5.75 Å². The van der Waals surface area contributed by atoms with Crippen LogP contribution in [0.1, 0.15) is 30.9 Å². The van der Waals surface area contributed by atoms with Crippen molar-refractivity contribution in [1.29, 1.82) is 0 Å². The maximum Gasteiger partial charge on any atom is 0.264 e. The second kappa shape index (κ2) is 10.6. The lowest BCUT2D eigenvalue weighted by Crippen LogP contribution is -2.47. The van der Waals surface area contributed by atoms with Gasteiger partial charge in [-0.05, 0) is 66.8 Å². The van der Waals surface area contributed by atoms with E-state index in [0.717, 1.165) is 50.1 Å². The molecule has 0 radical (unpaired) electrons. The van der Waals surface area contributed by atoms with Crippen LogP contribution >= 0.6 is 0 Å². The summed E-state index contributed by atoms with van der Waals surface area (Å²) in [6.45, 7) is 4.63. The van der Waals surface area contributed by atoms with E-state index in [1.807, 2.05) is 36.4 Å². The molecular formula is C29H33N3O4S. The zero-order chi connectivity index (χ0) is 26.0. The van der Waals surface area contributed by atoms with Crippen molar-refractivity contribution in [3.8, 4) is 5.75 Å². The van der Waals surface area contributed by atoms with Crippen LogP contribution in [0.4, 0.5) is 11.4 Å². The fourth-order valence-electron chi connectivity index (χ4n) is 5.39. The molecule has 1 saturated heterocycles. The van der Waals surface area contributed by atoms with E-state index >= 15 is 0 Å². The highest BCUT2D eigenvalue weighted by Gasteiger charge is 2.35. The summed E-state index contributed by atoms with van der Waals surface area (Å²) in [6.07, 6.45) is 2.21. The van der Waals surface area contributed by atoms with Gasteiger partial charge in [0.25, 0.3) is 10.0 Å². The number of carbonyl (C=O) groups is 1. The minimum absolute atomic E-state index is 0.0327. The van der Waals surface area contributed by atoms with Crippen molar-refractivity contribution < 1.29 is 17.9 Å². The quantitative estimate of drug-likeness (QED) is 0.461. The molecule has 0 bridgehead atoms. The van der Waals surface area contributed by atoms with Crippen molar-refractivity contribution in [2.45, 2.75) is 43.7 Å². The number of benzene rings is 3. The summed E-state index contributed by atoms with van der Waals surface area (Å²) in [5, 5.41) is 0. The first-order valence-electron chi connectivity index (χ1n) is 12.7. The van der Waals surface area contributed by atoms with Crippen LogP contribution in [0.3, 0.4) is 0 Å². The smallest absolute Gasteiger partial charge is 0.264 e. The number of amides is 1. The monoisotopic (exact) mass is 519 g/mol. The molecule has 37 heavy (non-hydrogen) atoms. The lowest BCUT2D eigenvalue weighted by atomic mass is 10.0. The summed E-state index contributed by atoms with van der Waals surface area (Å²) in [5.74, 6) is 0.573. The van der Waals surface area contributed by atoms with Crippen LogP contribution in [0, 0.1) is 0 Å². The summed E-state index contributed by atoms with van der Waals surface area (Å²) in [7, 11) is -2.29. The van der Waals surface area contributed by atoms with Gasteiger partial charge < -0.3 is 9.64 Å². The number of hydrogen-bond acceptors (Lipinski definition) is 5. The van der Waals surface area contributed by atoms with E-state index in [2.05, 4.69) is 17.0 Å². The van der Waals surface area contributed by atoms with E-state index in [9.17, 15) is 13.2 Å². The fourth-order valence-corrected chi connectivity index (χ4v) is 7.09. The van der Waals surface area contributed by atoms with Gasteiger partial charge in [-0.1, -0.05) is 36.4 Å². The van der Waals surface area contributed by atoms with Crippen molar-refractivity contribution in [1.82, 2.24) is 4.90 Å². The highest BCUT2D eigenvalue weighted by Crippen LogP contribution is 2.37. The zero-order valence-electron chi connectivity index (χ0n) is 21.3. The topological polar surface area (TPSA) is 70.2 Å². The SMILES string of the molecule is COc1ccc(S(=O)(=O)N(c2ccc3c(c2)N(C(C)=O)CC3)C2CCN(Cc3ccccc3)CC2)cc1. The van der Waals surface area contributed by atoms with Crippen molar-refractivity contribution in [3.63, 3.8) is 0 Å². The molecule has 3 aromatic carbocycles.